The van der Waals surface area contributed by atoms with Gasteiger partial charge in [0.25, 0.3) is 5.91 Å². The van der Waals surface area contributed by atoms with Gasteiger partial charge < -0.3 is 4.74 Å². The van der Waals surface area contributed by atoms with Gasteiger partial charge in [0.2, 0.25) is 0 Å². The van der Waals surface area contributed by atoms with Gasteiger partial charge in [-0.2, -0.15) is 5.10 Å². The van der Waals surface area contributed by atoms with Gasteiger partial charge in [-0.05, 0) is 43.9 Å². The normalized spacial score (nSPS) is 14.3. The Morgan fingerprint density at radius 1 is 1.32 bits per heavy atom. The molecule has 1 amide bonds. The van der Waals surface area contributed by atoms with Crippen LogP contribution in [0.4, 0.5) is 0 Å². The molecule has 0 atom stereocenters. The monoisotopic (exact) mass is 300 g/mol. The topological polar surface area (TPSA) is 50.7 Å². The summed E-state index contributed by atoms with van der Waals surface area (Å²) in [4.78, 5) is 11.5. The minimum Gasteiger partial charge on any atom is -0.482 e. The first-order valence-corrected chi connectivity index (χ1v) is 6.83. The molecule has 0 aromatic heterocycles. The van der Waals surface area contributed by atoms with Crippen molar-refractivity contribution in [1.29, 1.82) is 0 Å². The lowest BCUT2D eigenvalue weighted by molar-refractivity contribution is -0.123. The second-order valence-electron chi connectivity index (χ2n) is 4.28. The number of carbonyl (C=O) groups is 1. The Morgan fingerprint density at radius 3 is 2.74 bits per heavy atom. The third kappa shape index (κ3) is 4.40. The number of hydrogen-bond donors (Lipinski definition) is 1. The van der Waals surface area contributed by atoms with Gasteiger partial charge in [-0.25, -0.2) is 5.43 Å². The van der Waals surface area contributed by atoms with E-state index in [9.17, 15) is 4.79 Å². The maximum Gasteiger partial charge on any atom is 0.277 e. The standard InChI is InChI=1S/C13H14Cl2N2O2/c14-9-5-6-12(11(15)7-9)19-8-13(18)17-16-10-3-1-2-4-10/h5-7H,1-4,8H2,(H,17,18). The molecule has 2 rings (SSSR count). The Bertz CT molecular complexity index is 495. The van der Waals surface area contributed by atoms with Crippen molar-refractivity contribution in [3.8, 4) is 5.75 Å². The average Bonchev–Trinajstić information content (AvgIpc) is 2.88. The molecule has 0 saturated heterocycles. The zero-order valence-electron chi connectivity index (χ0n) is 10.3. The van der Waals surface area contributed by atoms with Crippen LogP contribution in [0.2, 0.25) is 10.0 Å². The quantitative estimate of drug-likeness (QED) is 0.866. The van der Waals surface area contributed by atoms with E-state index in [0.29, 0.717) is 15.8 Å². The molecule has 102 valence electrons. The Hall–Kier alpha value is -1.26. The third-order valence-corrected chi connectivity index (χ3v) is 3.30. The van der Waals surface area contributed by atoms with Crippen LogP contribution in [-0.4, -0.2) is 18.2 Å². The van der Waals surface area contributed by atoms with Gasteiger partial charge >= 0.3 is 0 Å². The van der Waals surface area contributed by atoms with Crippen LogP contribution in [0, 0.1) is 0 Å². The molecule has 0 heterocycles. The first-order chi connectivity index (χ1) is 9.15. The molecular weight excluding hydrogens is 287 g/mol. The number of hydrazone groups is 1. The van der Waals surface area contributed by atoms with Gasteiger partial charge in [-0.15, -0.1) is 0 Å². The molecule has 1 saturated carbocycles. The van der Waals surface area contributed by atoms with Crippen LogP contribution in [0.1, 0.15) is 25.7 Å². The Kier molecular flexibility index (Phi) is 5.05. The highest BCUT2D eigenvalue weighted by atomic mass is 35.5. The summed E-state index contributed by atoms with van der Waals surface area (Å²) < 4.78 is 5.30. The van der Waals surface area contributed by atoms with Gasteiger partial charge in [0.15, 0.2) is 6.61 Å². The zero-order valence-corrected chi connectivity index (χ0v) is 11.8. The van der Waals surface area contributed by atoms with Crippen LogP contribution >= 0.6 is 23.2 Å². The minimum absolute atomic E-state index is 0.127. The molecule has 1 N–H and O–H groups in total. The number of benzene rings is 1. The molecule has 6 heteroatoms. The van der Waals surface area contributed by atoms with E-state index in [-0.39, 0.29) is 12.5 Å². The number of carbonyl (C=O) groups excluding carboxylic acids is 1. The second-order valence-corrected chi connectivity index (χ2v) is 5.13. The summed E-state index contributed by atoms with van der Waals surface area (Å²) in [6.45, 7) is -0.127. The number of amides is 1. The van der Waals surface area contributed by atoms with Crippen molar-refractivity contribution in [2.24, 2.45) is 5.10 Å². The van der Waals surface area contributed by atoms with Gasteiger partial charge in [-0.1, -0.05) is 23.2 Å². The van der Waals surface area contributed by atoms with E-state index in [4.69, 9.17) is 27.9 Å². The molecule has 19 heavy (non-hydrogen) atoms. The number of nitrogens with zero attached hydrogens (tertiary/aromatic N) is 1. The highest BCUT2D eigenvalue weighted by Gasteiger charge is 2.09. The first-order valence-electron chi connectivity index (χ1n) is 6.07. The lowest BCUT2D eigenvalue weighted by atomic mass is 10.3. The van der Waals surface area contributed by atoms with Crippen molar-refractivity contribution in [3.05, 3.63) is 28.2 Å². The predicted octanol–water partition coefficient (Wildman–Crippen LogP) is 3.42. The predicted molar refractivity (Wildman–Crippen MR) is 76.0 cm³/mol. The summed E-state index contributed by atoms with van der Waals surface area (Å²) in [7, 11) is 0. The molecule has 1 fully saturated rings. The largest absolute Gasteiger partial charge is 0.482 e. The summed E-state index contributed by atoms with van der Waals surface area (Å²) >= 11 is 11.7. The SMILES string of the molecule is O=C(COc1ccc(Cl)cc1Cl)NN=C1CCCC1. The smallest absolute Gasteiger partial charge is 0.277 e. The lowest BCUT2D eigenvalue weighted by Crippen LogP contribution is -2.25. The summed E-state index contributed by atoms with van der Waals surface area (Å²) in [5, 5.41) is 4.95. The molecule has 0 unspecified atom stereocenters. The fourth-order valence-electron chi connectivity index (χ4n) is 1.80. The molecule has 1 aliphatic carbocycles. The van der Waals surface area contributed by atoms with E-state index >= 15 is 0 Å². The van der Waals surface area contributed by atoms with Gasteiger partial charge in [-0.3, -0.25) is 4.79 Å². The van der Waals surface area contributed by atoms with Gasteiger partial charge in [0.05, 0.1) is 5.02 Å². The Labute approximate surface area is 121 Å². The van der Waals surface area contributed by atoms with Crippen LogP contribution in [0.25, 0.3) is 0 Å². The third-order valence-electron chi connectivity index (χ3n) is 2.77. The van der Waals surface area contributed by atoms with E-state index in [1.54, 1.807) is 18.2 Å². The fraction of sp³-hybridized carbons (Fsp3) is 0.385. The second kappa shape index (κ2) is 6.78. The lowest BCUT2D eigenvalue weighted by Gasteiger charge is -2.07. The van der Waals surface area contributed by atoms with Gasteiger partial charge in [0, 0.05) is 10.7 Å². The van der Waals surface area contributed by atoms with Crippen molar-refractivity contribution < 1.29 is 9.53 Å². The molecule has 1 aromatic rings. The van der Waals surface area contributed by atoms with Crippen LogP contribution in [0.15, 0.2) is 23.3 Å². The molecule has 0 spiro atoms. The van der Waals surface area contributed by atoms with Crippen LogP contribution < -0.4 is 10.2 Å². The van der Waals surface area contributed by atoms with E-state index in [1.807, 2.05) is 0 Å². The van der Waals surface area contributed by atoms with Crippen molar-refractivity contribution in [1.82, 2.24) is 5.43 Å². The molecule has 1 aliphatic rings. The molecule has 0 bridgehead atoms. The first kappa shape index (κ1) is 14.2. The molecular formula is C13H14Cl2N2O2. The Morgan fingerprint density at radius 2 is 2.05 bits per heavy atom. The van der Waals surface area contributed by atoms with E-state index in [0.717, 1.165) is 31.4 Å². The van der Waals surface area contributed by atoms with Crippen LogP contribution in [-0.2, 0) is 4.79 Å². The molecule has 0 aliphatic heterocycles. The number of rotatable bonds is 4. The van der Waals surface area contributed by atoms with E-state index in [1.165, 1.54) is 0 Å². The van der Waals surface area contributed by atoms with Crippen molar-refractivity contribution in [2.45, 2.75) is 25.7 Å². The number of ether oxygens (including phenoxy) is 1. The van der Waals surface area contributed by atoms with Crippen molar-refractivity contribution >= 4 is 34.8 Å². The molecule has 0 radical (unpaired) electrons. The van der Waals surface area contributed by atoms with Gasteiger partial charge in [0.1, 0.15) is 5.75 Å². The van der Waals surface area contributed by atoms with Crippen LogP contribution in [0.3, 0.4) is 0 Å². The zero-order chi connectivity index (χ0) is 13.7. The van der Waals surface area contributed by atoms with E-state index < -0.39 is 0 Å². The number of hydrogen-bond acceptors (Lipinski definition) is 3. The number of halogens is 2. The van der Waals surface area contributed by atoms with Crippen LogP contribution in [0.5, 0.6) is 5.75 Å². The summed E-state index contributed by atoms with van der Waals surface area (Å²) in [6, 6.07) is 4.84. The summed E-state index contributed by atoms with van der Waals surface area (Å²) in [5.41, 5.74) is 3.52. The summed E-state index contributed by atoms with van der Waals surface area (Å²) in [6.07, 6.45) is 4.21. The molecule has 4 nitrogen and oxygen atoms in total. The van der Waals surface area contributed by atoms with Crippen molar-refractivity contribution in [3.63, 3.8) is 0 Å². The summed E-state index contributed by atoms with van der Waals surface area (Å²) in [5.74, 6) is 0.125. The minimum atomic E-state index is -0.301. The van der Waals surface area contributed by atoms with Crippen molar-refractivity contribution in [2.75, 3.05) is 6.61 Å². The highest BCUT2D eigenvalue weighted by molar-refractivity contribution is 6.35. The fourth-order valence-corrected chi connectivity index (χ4v) is 2.27. The maximum atomic E-state index is 11.5. The number of nitrogens with one attached hydrogen (secondary N) is 1. The maximum absolute atomic E-state index is 11.5. The Balaban J connectivity index is 1.81. The van der Waals surface area contributed by atoms with E-state index in [2.05, 4.69) is 10.5 Å². The average molecular weight is 301 g/mol. The highest BCUT2D eigenvalue weighted by Crippen LogP contribution is 2.27. The molecule has 1 aromatic carbocycles.